The van der Waals surface area contributed by atoms with Crippen molar-refractivity contribution >= 4 is 23.0 Å². The molecule has 3 aromatic rings. The number of pyridine rings is 1. The first-order chi connectivity index (χ1) is 14.0. The van der Waals surface area contributed by atoms with E-state index in [0.29, 0.717) is 5.52 Å². The molecule has 1 saturated carbocycles. The number of fused-ring (bicyclic) bond motifs is 1. The van der Waals surface area contributed by atoms with Crippen LogP contribution in [0.25, 0.3) is 5.52 Å². The Bertz CT molecular complexity index is 1060. The SMILES string of the molecule is Cc1cccc(NC(=O)c2nc(C(=O)NC3CCCCC3)n3ccccc23)c1C. The number of benzene rings is 1. The summed E-state index contributed by atoms with van der Waals surface area (Å²) in [5.41, 5.74) is 3.73. The number of nitrogens with one attached hydrogen (secondary N) is 2. The first-order valence-electron chi connectivity index (χ1n) is 10.2. The van der Waals surface area contributed by atoms with Crippen molar-refractivity contribution in [3.63, 3.8) is 0 Å². The van der Waals surface area contributed by atoms with Crippen LogP contribution in [0.5, 0.6) is 0 Å². The number of imidazole rings is 1. The zero-order valence-corrected chi connectivity index (χ0v) is 16.9. The Labute approximate surface area is 170 Å². The number of aryl methyl sites for hydroxylation is 1. The molecule has 0 saturated heterocycles. The zero-order valence-electron chi connectivity index (χ0n) is 16.9. The van der Waals surface area contributed by atoms with Gasteiger partial charge in [0.25, 0.3) is 11.8 Å². The van der Waals surface area contributed by atoms with Gasteiger partial charge in [0.15, 0.2) is 5.69 Å². The van der Waals surface area contributed by atoms with Gasteiger partial charge in [-0.1, -0.05) is 37.5 Å². The maximum Gasteiger partial charge on any atom is 0.287 e. The van der Waals surface area contributed by atoms with E-state index in [1.54, 1.807) is 10.6 Å². The Morgan fingerprint density at radius 1 is 1.00 bits per heavy atom. The summed E-state index contributed by atoms with van der Waals surface area (Å²) < 4.78 is 1.69. The number of amides is 2. The van der Waals surface area contributed by atoms with Gasteiger partial charge in [-0.05, 0) is 56.0 Å². The fourth-order valence-corrected chi connectivity index (χ4v) is 3.93. The topological polar surface area (TPSA) is 75.5 Å². The molecule has 0 aliphatic heterocycles. The van der Waals surface area contributed by atoms with Gasteiger partial charge < -0.3 is 10.6 Å². The number of rotatable bonds is 4. The normalized spacial score (nSPS) is 14.7. The van der Waals surface area contributed by atoms with E-state index >= 15 is 0 Å². The van der Waals surface area contributed by atoms with Gasteiger partial charge in [0.1, 0.15) is 0 Å². The van der Waals surface area contributed by atoms with Crippen molar-refractivity contribution in [3.05, 3.63) is 65.2 Å². The lowest BCUT2D eigenvalue weighted by atomic mass is 9.95. The highest BCUT2D eigenvalue weighted by Gasteiger charge is 2.24. The molecule has 6 nitrogen and oxygen atoms in total. The van der Waals surface area contributed by atoms with Gasteiger partial charge in [0.2, 0.25) is 5.82 Å². The van der Waals surface area contributed by atoms with Crippen molar-refractivity contribution in [1.29, 1.82) is 0 Å². The smallest absolute Gasteiger partial charge is 0.287 e. The fraction of sp³-hybridized carbons (Fsp3) is 0.348. The summed E-state index contributed by atoms with van der Waals surface area (Å²) in [6.07, 6.45) is 7.26. The van der Waals surface area contributed by atoms with E-state index in [9.17, 15) is 9.59 Å². The largest absolute Gasteiger partial charge is 0.347 e. The van der Waals surface area contributed by atoms with E-state index in [0.717, 1.165) is 42.5 Å². The summed E-state index contributed by atoms with van der Waals surface area (Å²) in [6.45, 7) is 3.98. The highest BCUT2D eigenvalue weighted by molar-refractivity contribution is 6.09. The molecule has 0 unspecified atom stereocenters. The number of aromatic nitrogens is 2. The number of hydrogen-bond donors (Lipinski definition) is 2. The Morgan fingerprint density at radius 2 is 1.79 bits per heavy atom. The van der Waals surface area contributed by atoms with E-state index in [4.69, 9.17) is 0 Å². The predicted molar refractivity (Wildman–Crippen MR) is 113 cm³/mol. The third-order valence-corrected chi connectivity index (χ3v) is 5.76. The Kier molecular flexibility index (Phi) is 5.34. The van der Waals surface area contributed by atoms with Crippen LogP contribution in [0.4, 0.5) is 5.69 Å². The van der Waals surface area contributed by atoms with Crippen molar-refractivity contribution in [2.24, 2.45) is 0 Å². The van der Waals surface area contributed by atoms with Gasteiger partial charge >= 0.3 is 0 Å². The summed E-state index contributed by atoms with van der Waals surface area (Å²) >= 11 is 0. The molecule has 6 heteroatoms. The lowest BCUT2D eigenvalue weighted by Gasteiger charge is -2.22. The molecule has 150 valence electrons. The second-order valence-electron chi connectivity index (χ2n) is 7.75. The number of hydrogen-bond acceptors (Lipinski definition) is 3. The summed E-state index contributed by atoms with van der Waals surface area (Å²) in [6, 6.07) is 11.4. The number of anilines is 1. The lowest BCUT2D eigenvalue weighted by molar-refractivity contribution is 0.0916. The molecule has 0 radical (unpaired) electrons. The molecule has 0 spiro atoms. The van der Waals surface area contributed by atoms with E-state index in [1.165, 1.54) is 6.42 Å². The van der Waals surface area contributed by atoms with Gasteiger partial charge in [-0.25, -0.2) is 4.98 Å². The molecule has 4 rings (SSSR count). The van der Waals surface area contributed by atoms with Crippen LogP contribution >= 0.6 is 0 Å². The minimum absolute atomic E-state index is 0.180. The molecule has 2 aromatic heterocycles. The van der Waals surface area contributed by atoms with E-state index in [2.05, 4.69) is 15.6 Å². The second kappa shape index (κ2) is 8.07. The fourth-order valence-electron chi connectivity index (χ4n) is 3.93. The molecule has 0 bridgehead atoms. The average Bonchev–Trinajstić information content (AvgIpc) is 3.12. The number of carbonyl (C=O) groups is 2. The van der Waals surface area contributed by atoms with Crippen molar-refractivity contribution < 1.29 is 9.59 Å². The van der Waals surface area contributed by atoms with Crippen molar-refractivity contribution in [2.45, 2.75) is 52.0 Å². The molecule has 1 fully saturated rings. The molecule has 2 amide bonds. The van der Waals surface area contributed by atoms with Gasteiger partial charge in [-0.15, -0.1) is 0 Å². The number of carbonyl (C=O) groups excluding carboxylic acids is 2. The van der Waals surface area contributed by atoms with Crippen molar-refractivity contribution in [2.75, 3.05) is 5.32 Å². The Hall–Kier alpha value is -3.15. The highest BCUT2D eigenvalue weighted by Crippen LogP contribution is 2.21. The zero-order chi connectivity index (χ0) is 20.4. The predicted octanol–water partition coefficient (Wildman–Crippen LogP) is 4.27. The first kappa shape index (κ1) is 19.2. The summed E-state index contributed by atoms with van der Waals surface area (Å²) in [5.74, 6) is -0.305. The summed E-state index contributed by atoms with van der Waals surface area (Å²) in [4.78, 5) is 30.3. The molecular weight excluding hydrogens is 364 g/mol. The average molecular weight is 390 g/mol. The van der Waals surface area contributed by atoms with Crippen molar-refractivity contribution in [3.8, 4) is 0 Å². The monoisotopic (exact) mass is 390 g/mol. The molecule has 1 aliphatic carbocycles. The third-order valence-electron chi connectivity index (χ3n) is 5.76. The van der Waals surface area contributed by atoms with Crippen LogP contribution in [0.1, 0.15) is 64.3 Å². The molecule has 2 N–H and O–H groups in total. The van der Waals surface area contributed by atoms with Crippen LogP contribution < -0.4 is 10.6 Å². The molecule has 29 heavy (non-hydrogen) atoms. The van der Waals surface area contributed by atoms with Gasteiger partial charge in [-0.2, -0.15) is 0 Å². The van der Waals surface area contributed by atoms with Gasteiger partial charge in [0, 0.05) is 17.9 Å². The van der Waals surface area contributed by atoms with Crippen molar-refractivity contribution in [1.82, 2.24) is 14.7 Å². The lowest BCUT2D eigenvalue weighted by Crippen LogP contribution is -2.37. The minimum Gasteiger partial charge on any atom is -0.347 e. The van der Waals surface area contributed by atoms with Crippen LogP contribution in [0.3, 0.4) is 0 Å². The van der Waals surface area contributed by atoms with Crippen LogP contribution in [0.15, 0.2) is 42.6 Å². The standard InChI is InChI=1S/C23H26N4O2/c1-15-9-8-12-18(16(15)2)25-22(28)20-19-13-6-7-14-27(19)21(26-20)23(29)24-17-10-4-3-5-11-17/h6-9,12-14,17H,3-5,10-11H2,1-2H3,(H,24,29)(H,25,28). The van der Waals surface area contributed by atoms with Crippen LogP contribution in [-0.4, -0.2) is 27.2 Å². The molecule has 1 aromatic carbocycles. The van der Waals surface area contributed by atoms with Gasteiger partial charge in [-0.3, -0.25) is 14.0 Å². The molecule has 1 aliphatic rings. The van der Waals surface area contributed by atoms with Crippen LogP contribution in [0.2, 0.25) is 0 Å². The maximum atomic E-state index is 13.0. The number of nitrogens with zero attached hydrogens (tertiary/aromatic N) is 2. The van der Waals surface area contributed by atoms with Gasteiger partial charge in [0.05, 0.1) is 5.52 Å². The Morgan fingerprint density at radius 3 is 2.59 bits per heavy atom. The molecule has 2 heterocycles. The molecular formula is C23H26N4O2. The van der Waals surface area contributed by atoms with Crippen LogP contribution in [0, 0.1) is 13.8 Å². The summed E-state index contributed by atoms with van der Waals surface area (Å²) in [5, 5.41) is 6.04. The summed E-state index contributed by atoms with van der Waals surface area (Å²) in [7, 11) is 0. The van der Waals surface area contributed by atoms with E-state index in [1.807, 2.05) is 50.2 Å². The van der Waals surface area contributed by atoms with E-state index < -0.39 is 0 Å². The molecule has 0 atom stereocenters. The first-order valence-corrected chi connectivity index (χ1v) is 10.2. The second-order valence-corrected chi connectivity index (χ2v) is 7.75. The van der Waals surface area contributed by atoms with Crippen LogP contribution in [-0.2, 0) is 0 Å². The van der Waals surface area contributed by atoms with E-state index in [-0.39, 0.29) is 29.4 Å². The minimum atomic E-state index is -0.320. The third kappa shape index (κ3) is 3.88. The highest BCUT2D eigenvalue weighted by atomic mass is 16.2. The Balaban J connectivity index is 1.64. The quantitative estimate of drug-likeness (QED) is 0.699. The maximum absolute atomic E-state index is 13.0.